The number of H-pyrrole nitrogens is 1. The Kier molecular flexibility index (Phi) is 4.82. The van der Waals surface area contributed by atoms with E-state index in [9.17, 15) is 9.59 Å². The van der Waals surface area contributed by atoms with Crippen molar-refractivity contribution in [2.45, 2.75) is 32.6 Å². The van der Waals surface area contributed by atoms with Gasteiger partial charge in [0.1, 0.15) is 11.8 Å². The zero-order valence-corrected chi connectivity index (χ0v) is 17.1. The summed E-state index contributed by atoms with van der Waals surface area (Å²) in [5, 5.41) is 0.747. The molecule has 152 valence electrons. The van der Waals surface area contributed by atoms with Crippen molar-refractivity contribution in [3.05, 3.63) is 58.2 Å². The van der Waals surface area contributed by atoms with Crippen LogP contribution < -0.4 is 11.3 Å². The van der Waals surface area contributed by atoms with Gasteiger partial charge in [-0.05, 0) is 54.1 Å². The van der Waals surface area contributed by atoms with Gasteiger partial charge in [0.15, 0.2) is 0 Å². The molecule has 0 bridgehead atoms. The summed E-state index contributed by atoms with van der Waals surface area (Å²) in [7, 11) is 0. The Labute approximate surface area is 169 Å². The van der Waals surface area contributed by atoms with E-state index in [0.29, 0.717) is 42.3 Å². The number of pyridine rings is 1. The number of hydrogen-bond donors (Lipinski definition) is 2. The maximum atomic E-state index is 13.2. The first-order valence-electron chi connectivity index (χ1n) is 10.0. The fourth-order valence-corrected chi connectivity index (χ4v) is 4.04. The molecule has 3 N–H and O–H groups in total. The molecule has 6 heteroatoms. The summed E-state index contributed by atoms with van der Waals surface area (Å²) in [6.07, 6.45) is 4.09. The molecule has 0 radical (unpaired) electrons. The first-order chi connectivity index (χ1) is 13.8. The van der Waals surface area contributed by atoms with Crippen LogP contribution in [-0.2, 0) is 5.41 Å². The van der Waals surface area contributed by atoms with E-state index >= 15 is 0 Å². The lowest BCUT2D eigenvalue weighted by atomic mass is 9.84. The molecule has 29 heavy (non-hydrogen) atoms. The number of nitrogens with two attached hydrogens (primary N) is 1. The van der Waals surface area contributed by atoms with Gasteiger partial charge < -0.3 is 20.0 Å². The molecule has 1 aliphatic rings. The monoisotopic (exact) mass is 393 g/mol. The van der Waals surface area contributed by atoms with Gasteiger partial charge >= 0.3 is 0 Å². The Morgan fingerprint density at radius 3 is 2.79 bits per heavy atom. The predicted molar refractivity (Wildman–Crippen MR) is 114 cm³/mol. The van der Waals surface area contributed by atoms with Gasteiger partial charge in [-0.1, -0.05) is 20.8 Å². The first kappa shape index (κ1) is 19.5. The number of benzene rings is 1. The maximum Gasteiger partial charge on any atom is 0.257 e. The van der Waals surface area contributed by atoms with Gasteiger partial charge in [0.05, 0.1) is 5.56 Å². The summed E-state index contributed by atoms with van der Waals surface area (Å²) in [5.74, 6) is 0.305. The third-order valence-electron chi connectivity index (χ3n) is 5.75. The van der Waals surface area contributed by atoms with Crippen molar-refractivity contribution in [2.24, 2.45) is 11.7 Å². The van der Waals surface area contributed by atoms with Gasteiger partial charge in [0.2, 0.25) is 0 Å². The van der Waals surface area contributed by atoms with Gasteiger partial charge in [0, 0.05) is 35.8 Å². The van der Waals surface area contributed by atoms with Crippen molar-refractivity contribution < 1.29 is 9.21 Å². The van der Waals surface area contributed by atoms with Gasteiger partial charge in [-0.15, -0.1) is 0 Å². The molecule has 1 amide bonds. The highest BCUT2D eigenvalue weighted by Gasteiger charge is 2.30. The predicted octanol–water partition coefficient (Wildman–Crippen LogP) is 3.51. The first-order valence-corrected chi connectivity index (χ1v) is 10.0. The molecule has 1 fully saturated rings. The van der Waals surface area contributed by atoms with Crippen molar-refractivity contribution >= 4 is 16.9 Å². The molecular formula is C23H27N3O3. The SMILES string of the molecule is CC(C)(C)c1cc(-c2ccc[nH]c2=O)cc2c(C(=O)N3CC[C@@H](CN)C3)coc12. The minimum atomic E-state index is -0.216. The number of hydrogen-bond acceptors (Lipinski definition) is 4. The van der Waals surface area contributed by atoms with Gasteiger partial charge in [0.25, 0.3) is 11.5 Å². The van der Waals surface area contributed by atoms with E-state index in [4.69, 9.17) is 10.2 Å². The average Bonchev–Trinajstić information content (AvgIpc) is 3.33. The van der Waals surface area contributed by atoms with Gasteiger partial charge in [-0.25, -0.2) is 0 Å². The number of rotatable bonds is 3. The molecule has 2 aromatic heterocycles. The quantitative estimate of drug-likeness (QED) is 0.712. The standard InChI is InChI=1S/C23H27N3O3/c1-23(2,3)19-10-15(16-5-4-7-25-21(16)27)9-17-18(13-29-20(17)19)22(28)26-8-6-14(11-24)12-26/h4-5,7,9-10,13-14H,6,8,11-12,24H2,1-3H3,(H,25,27)/t14-/m0/s1. The van der Waals surface area contributed by atoms with Crippen molar-refractivity contribution in [2.75, 3.05) is 19.6 Å². The Balaban J connectivity index is 1.88. The fraction of sp³-hybridized carbons (Fsp3) is 0.391. The van der Waals surface area contributed by atoms with Crippen LogP contribution in [0.25, 0.3) is 22.1 Å². The molecule has 3 aromatic rings. The van der Waals surface area contributed by atoms with Crippen LogP contribution in [0, 0.1) is 5.92 Å². The molecule has 6 nitrogen and oxygen atoms in total. The molecule has 1 atom stereocenters. The summed E-state index contributed by atoms with van der Waals surface area (Å²) in [5.41, 5.74) is 8.97. The molecule has 1 saturated heterocycles. The summed E-state index contributed by atoms with van der Waals surface area (Å²) < 4.78 is 5.90. The summed E-state index contributed by atoms with van der Waals surface area (Å²) in [6, 6.07) is 7.48. The van der Waals surface area contributed by atoms with E-state index in [2.05, 4.69) is 25.8 Å². The second kappa shape index (κ2) is 7.19. The number of carbonyl (C=O) groups excluding carboxylic acids is 1. The molecule has 0 saturated carbocycles. The highest BCUT2D eigenvalue weighted by atomic mass is 16.3. The third-order valence-corrected chi connectivity index (χ3v) is 5.75. The molecule has 1 aromatic carbocycles. The van der Waals surface area contributed by atoms with Crippen molar-refractivity contribution in [3.8, 4) is 11.1 Å². The van der Waals surface area contributed by atoms with Crippen LogP contribution in [-0.4, -0.2) is 35.4 Å². The molecule has 0 aliphatic carbocycles. The minimum absolute atomic E-state index is 0.0429. The molecule has 0 spiro atoms. The van der Waals surface area contributed by atoms with Crippen LogP contribution in [0.1, 0.15) is 43.1 Å². The second-order valence-electron chi connectivity index (χ2n) is 8.85. The summed E-state index contributed by atoms with van der Waals surface area (Å²) >= 11 is 0. The third kappa shape index (κ3) is 3.49. The number of furan rings is 1. The number of aromatic amines is 1. The average molecular weight is 393 g/mol. The minimum Gasteiger partial charge on any atom is -0.463 e. The Bertz CT molecular complexity index is 1120. The largest absolute Gasteiger partial charge is 0.463 e. The lowest BCUT2D eigenvalue weighted by Crippen LogP contribution is -2.29. The van der Waals surface area contributed by atoms with E-state index in [0.717, 1.165) is 22.9 Å². The number of amides is 1. The van der Waals surface area contributed by atoms with Crippen LogP contribution in [0.3, 0.4) is 0 Å². The Morgan fingerprint density at radius 2 is 2.14 bits per heavy atom. The summed E-state index contributed by atoms with van der Waals surface area (Å²) in [4.78, 5) is 30.2. The van der Waals surface area contributed by atoms with Gasteiger partial charge in [-0.3, -0.25) is 9.59 Å². The van der Waals surface area contributed by atoms with Crippen LogP contribution in [0.4, 0.5) is 0 Å². The number of fused-ring (bicyclic) bond motifs is 1. The van der Waals surface area contributed by atoms with Crippen LogP contribution >= 0.6 is 0 Å². The topological polar surface area (TPSA) is 92.3 Å². The van der Waals surface area contributed by atoms with E-state index in [1.165, 1.54) is 0 Å². The number of likely N-dealkylation sites (tertiary alicyclic amines) is 1. The zero-order valence-electron chi connectivity index (χ0n) is 17.1. The molecule has 0 unspecified atom stereocenters. The normalized spacial score (nSPS) is 17.2. The zero-order chi connectivity index (χ0) is 20.8. The number of aromatic nitrogens is 1. The van der Waals surface area contributed by atoms with E-state index in [-0.39, 0.29) is 16.9 Å². The summed E-state index contributed by atoms with van der Waals surface area (Å²) in [6.45, 7) is 8.25. The van der Waals surface area contributed by atoms with Crippen LogP contribution in [0.5, 0.6) is 0 Å². The van der Waals surface area contributed by atoms with E-state index in [1.54, 1.807) is 24.6 Å². The Morgan fingerprint density at radius 1 is 1.34 bits per heavy atom. The molecule has 1 aliphatic heterocycles. The van der Waals surface area contributed by atoms with Crippen molar-refractivity contribution in [3.63, 3.8) is 0 Å². The van der Waals surface area contributed by atoms with E-state index < -0.39 is 0 Å². The number of nitrogens with one attached hydrogen (secondary N) is 1. The smallest absolute Gasteiger partial charge is 0.257 e. The van der Waals surface area contributed by atoms with Gasteiger partial charge in [-0.2, -0.15) is 0 Å². The van der Waals surface area contributed by atoms with Crippen LogP contribution in [0.2, 0.25) is 0 Å². The molecule has 4 rings (SSSR count). The van der Waals surface area contributed by atoms with Crippen molar-refractivity contribution in [1.82, 2.24) is 9.88 Å². The van der Waals surface area contributed by atoms with E-state index in [1.807, 2.05) is 17.0 Å². The Hall–Kier alpha value is -2.86. The van der Waals surface area contributed by atoms with Crippen LogP contribution in [0.15, 0.2) is 45.9 Å². The lowest BCUT2D eigenvalue weighted by Gasteiger charge is -2.21. The molecular weight excluding hydrogens is 366 g/mol. The molecule has 3 heterocycles. The second-order valence-corrected chi connectivity index (χ2v) is 8.85. The fourth-order valence-electron chi connectivity index (χ4n) is 4.04. The lowest BCUT2D eigenvalue weighted by molar-refractivity contribution is 0.0788. The number of carbonyl (C=O) groups is 1. The highest BCUT2D eigenvalue weighted by Crippen LogP contribution is 2.37. The number of nitrogens with zero attached hydrogens (tertiary/aromatic N) is 1. The van der Waals surface area contributed by atoms with Crippen molar-refractivity contribution in [1.29, 1.82) is 0 Å². The maximum absolute atomic E-state index is 13.2. The highest BCUT2D eigenvalue weighted by molar-refractivity contribution is 6.07.